The van der Waals surface area contributed by atoms with Gasteiger partial charge in [-0.1, -0.05) is 18.9 Å². The van der Waals surface area contributed by atoms with E-state index in [1.165, 1.54) is 31.2 Å². The zero-order valence-corrected chi connectivity index (χ0v) is 16.0. The molecule has 2 N–H and O–H groups in total. The van der Waals surface area contributed by atoms with Gasteiger partial charge in [0.15, 0.2) is 11.5 Å². The highest BCUT2D eigenvalue weighted by Gasteiger charge is 2.36. The first-order valence-corrected chi connectivity index (χ1v) is 9.63. The molecule has 2 fully saturated rings. The van der Waals surface area contributed by atoms with Gasteiger partial charge in [-0.15, -0.1) is 12.4 Å². The van der Waals surface area contributed by atoms with Crippen LogP contribution in [0, 0.1) is 5.92 Å². The SMILES string of the molecule is Cl.O=C(CNCC1CC1)NCC1(c2ccc3c(c2)OCCO3)CCCC1. The quantitative estimate of drug-likeness (QED) is 0.763. The summed E-state index contributed by atoms with van der Waals surface area (Å²) in [5, 5.41) is 6.43. The van der Waals surface area contributed by atoms with Gasteiger partial charge in [-0.2, -0.15) is 0 Å². The summed E-state index contributed by atoms with van der Waals surface area (Å²) in [6, 6.07) is 6.29. The third-order valence-electron chi connectivity index (χ3n) is 5.75. The molecule has 0 aromatic heterocycles. The number of hydrogen-bond donors (Lipinski definition) is 2. The summed E-state index contributed by atoms with van der Waals surface area (Å²) >= 11 is 0. The van der Waals surface area contributed by atoms with Crippen molar-refractivity contribution in [3.63, 3.8) is 0 Å². The molecule has 26 heavy (non-hydrogen) atoms. The van der Waals surface area contributed by atoms with Gasteiger partial charge < -0.3 is 20.1 Å². The van der Waals surface area contributed by atoms with Gasteiger partial charge in [0.2, 0.25) is 5.91 Å². The number of hydrogen-bond acceptors (Lipinski definition) is 4. The van der Waals surface area contributed by atoms with E-state index >= 15 is 0 Å². The summed E-state index contributed by atoms with van der Waals surface area (Å²) in [6.45, 7) is 3.32. The third-order valence-corrected chi connectivity index (χ3v) is 5.75. The summed E-state index contributed by atoms with van der Waals surface area (Å²) in [5.74, 6) is 2.57. The first-order valence-electron chi connectivity index (χ1n) is 9.63. The number of carbonyl (C=O) groups excluding carboxylic acids is 1. The van der Waals surface area contributed by atoms with Crippen molar-refractivity contribution < 1.29 is 14.3 Å². The van der Waals surface area contributed by atoms with Gasteiger partial charge in [-0.3, -0.25) is 4.79 Å². The van der Waals surface area contributed by atoms with Crippen molar-refractivity contribution in [1.82, 2.24) is 10.6 Å². The molecule has 2 saturated carbocycles. The molecule has 0 bridgehead atoms. The van der Waals surface area contributed by atoms with Crippen LogP contribution in [0.4, 0.5) is 0 Å². The van der Waals surface area contributed by atoms with E-state index in [4.69, 9.17) is 9.47 Å². The summed E-state index contributed by atoms with van der Waals surface area (Å²) in [5.41, 5.74) is 1.29. The van der Waals surface area contributed by atoms with Crippen molar-refractivity contribution in [2.45, 2.75) is 43.9 Å². The summed E-state index contributed by atoms with van der Waals surface area (Å²) in [7, 11) is 0. The van der Waals surface area contributed by atoms with Crippen LogP contribution >= 0.6 is 12.4 Å². The van der Waals surface area contributed by atoms with Crippen LogP contribution in [0.25, 0.3) is 0 Å². The Morgan fingerprint density at radius 2 is 1.85 bits per heavy atom. The van der Waals surface area contributed by atoms with Crippen LogP contribution in [-0.2, 0) is 10.2 Å². The predicted octanol–water partition coefficient (Wildman–Crippen LogP) is 2.81. The predicted molar refractivity (Wildman–Crippen MR) is 103 cm³/mol. The van der Waals surface area contributed by atoms with Gasteiger partial charge in [-0.05, 0) is 55.8 Å². The molecular weight excluding hydrogens is 352 g/mol. The third kappa shape index (κ3) is 4.44. The van der Waals surface area contributed by atoms with Gasteiger partial charge >= 0.3 is 0 Å². The Labute approximate surface area is 161 Å². The van der Waals surface area contributed by atoms with E-state index < -0.39 is 0 Å². The molecule has 0 spiro atoms. The van der Waals surface area contributed by atoms with Gasteiger partial charge in [-0.25, -0.2) is 0 Å². The fourth-order valence-corrected chi connectivity index (χ4v) is 4.03. The second-order valence-corrected chi connectivity index (χ2v) is 7.70. The molecule has 4 rings (SSSR count). The average Bonchev–Trinajstić information content (AvgIpc) is 3.34. The van der Waals surface area contributed by atoms with Crippen molar-refractivity contribution in [3.05, 3.63) is 23.8 Å². The van der Waals surface area contributed by atoms with Crippen molar-refractivity contribution in [2.24, 2.45) is 5.92 Å². The molecule has 0 radical (unpaired) electrons. The van der Waals surface area contributed by atoms with Crippen LogP contribution in [0.1, 0.15) is 44.1 Å². The van der Waals surface area contributed by atoms with Gasteiger partial charge in [0.05, 0.1) is 6.54 Å². The molecule has 5 nitrogen and oxygen atoms in total. The molecular formula is C20H29ClN2O3. The number of amides is 1. The highest BCUT2D eigenvalue weighted by atomic mass is 35.5. The molecule has 0 atom stereocenters. The second-order valence-electron chi connectivity index (χ2n) is 7.70. The zero-order chi connectivity index (χ0) is 17.1. The lowest BCUT2D eigenvalue weighted by molar-refractivity contribution is -0.120. The van der Waals surface area contributed by atoms with Crippen LogP contribution in [-0.4, -0.2) is 38.8 Å². The number of fused-ring (bicyclic) bond motifs is 1. The van der Waals surface area contributed by atoms with Crippen molar-refractivity contribution in [2.75, 3.05) is 32.8 Å². The maximum absolute atomic E-state index is 12.2. The minimum Gasteiger partial charge on any atom is -0.486 e. The van der Waals surface area contributed by atoms with Crippen molar-refractivity contribution in [3.8, 4) is 11.5 Å². The molecule has 2 aliphatic carbocycles. The molecule has 1 heterocycles. The second kappa shape index (κ2) is 8.49. The van der Waals surface area contributed by atoms with E-state index in [-0.39, 0.29) is 23.7 Å². The first-order chi connectivity index (χ1) is 12.3. The largest absolute Gasteiger partial charge is 0.486 e. The number of ether oxygens (including phenoxy) is 2. The average molecular weight is 381 g/mol. The van der Waals surface area contributed by atoms with Gasteiger partial charge in [0.25, 0.3) is 0 Å². The zero-order valence-electron chi connectivity index (χ0n) is 15.2. The molecule has 0 saturated heterocycles. The molecule has 144 valence electrons. The van der Waals surface area contributed by atoms with Crippen molar-refractivity contribution >= 4 is 18.3 Å². The lowest BCUT2D eigenvalue weighted by atomic mass is 9.78. The maximum Gasteiger partial charge on any atom is 0.233 e. The van der Waals surface area contributed by atoms with E-state index in [0.717, 1.165) is 36.8 Å². The number of halogens is 1. The van der Waals surface area contributed by atoms with Gasteiger partial charge in [0, 0.05) is 12.0 Å². The van der Waals surface area contributed by atoms with Crippen LogP contribution in [0.2, 0.25) is 0 Å². The number of benzene rings is 1. The molecule has 3 aliphatic rings. The molecule has 1 aromatic rings. The van der Waals surface area contributed by atoms with E-state index in [1.54, 1.807) is 0 Å². The lowest BCUT2D eigenvalue weighted by Gasteiger charge is -2.31. The normalized spacial score (nSPS) is 20.3. The molecule has 1 amide bonds. The first kappa shape index (κ1) is 19.3. The maximum atomic E-state index is 12.2. The van der Waals surface area contributed by atoms with Crippen LogP contribution in [0.15, 0.2) is 18.2 Å². The summed E-state index contributed by atoms with van der Waals surface area (Å²) in [6.07, 6.45) is 7.27. The Bertz CT molecular complexity index is 627. The standard InChI is InChI=1S/C20H28N2O3.ClH/c23-19(13-21-12-15-3-4-15)22-14-20(7-1-2-8-20)16-5-6-17-18(11-16)25-10-9-24-17;/h5-6,11,15,21H,1-4,7-10,12-14H2,(H,22,23);1H. The Kier molecular flexibility index (Phi) is 6.30. The molecule has 1 aliphatic heterocycles. The highest BCUT2D eigenvalue weighted by molar-refractivity contribution is 5.85. The van der Waals surface area contributed by atoms with Crippen molar-refractivity contribution in [1.29, 1.82) is 0 Å². The molecule has 6 heteroatoms. The Balaban J connectivity index is 0.00000196. The number of carbonyl (C=O) groups is 1. The highest BCUT2D eigenvalue weighted by Crippen LogP contribution is 2.43. The minimum absolute atomic E-state index is 0. The Morgan fingerprint density at radius 1 is 1.12 bits per heavy atom. The number of rotatable bonds is 7. The minimum atomic E-state index is 0. The van der Waals surface area contributed by atoms with E-state index in [9.17, 15) is 4.79 Å². The fraction of sp³-hybridized carbons (Fsp3) is 0.650. The molecule has 1 aromatic carbocycles. The monoisotopic (exact) mass is 380 g/mol. The van der Waals surface area contributed by atoms with E-state index in [0.29, 0.717) is 26.3 Å². The lowest BCUT2D eigenvalue weighted by Crippen LogP contribution is -2.42. The summed E-state index contributed by atoms with van der Waals surface area (Å²) < 4.78 is 11.4. The van der Waals surface area contributed by atoms with Crippen LogP contribution < -0.4 is 20.1 Å². The smallest absolute Gasteiger partial charge is 0.233 e. The number of nitrogens with one attached hydrogen (secondary N) is 2. The van der Waals surface area contributed by atoms with Gasteiger partial charge in [0.1, 0.15) is 13.2 Å². The van der Waals surface area contributed by atoms with Crippen LogP contribution in [0.5, 0.6) is 11.5 Å². The molecule has 0 unspecified atom stereocenters. The fourth-order valence-electron chi connectivity index (χ4n) is 4.03. The Morgan fingerprint density at radius 3 is 2.58 bits per heavy atom. The van der Waals surface area contributed by atoms with E-state index in [2.05, 4.69) is 22.8 Å². The Hall–Kier alpha value is -1.46. The topological polar surface area (TPSA) is 59.6 Å². The van der Waals surface area contributed by atoms with Crippen LogP contribution in [0.3, 0.4) is 0 Å². The van der Waals surface area contributed by atoms with E-state index in [1.807, 2.05) is 6.07 Å². The summed E-state index contributed by atoms with van der Waals surface area (Å²) in [4.78, 5) is 12.2.